The van der Waals surface area contributed by atoms with Crippen LogP contribution in [0.1, 0.15) is 47.8 Å². The van der Waals surface area contributed by atoms with E-state index in [9.17, 15) is 14.4 Å². The highest BCUT2D eigenvalue weighted by atomic mass is 16.5. The summed E-state index contributed by atoms with van der Waals surface area (Å²) in [4.78, 5) is 39.1. The Bertz CT molecular complexity index is 1190. The van der Waals surface area contributed by atoms with Crippen LogP contribution in [0.3, 0.4) is 0 Å². The fraction of sp³-hybridized carbons (Fsp3) is 0.222. The molecule has 1 aliphatic rings. The highest BCUT2D eigenvalue weighted by Crippen LogP contribution is 2.21. The van der Waals surface area contributed by atoms with Crippen LogP contribution in [0, 0.1) is 0 Å². The molecule has 0 aromatic heterocycles. The molecule has 0 fully saturated rings. The van der Waals surface area contributed by atoms with Crippen LogP contribution in [0.4, 0.5) is 5.69 Å². The second-order valence-corrected chi connectivity index (χ2v) is 8.16. The summed E-state index contributed by atoms with van der Waals surface area (Å²) in [6, 6.07) is 20.2. The van der Waals surface area contributed by atoms with Crippen molar-refractivity contribution < 1.29 is 23.9 Å². The molecule has 0 aliphatic carbocycles. The van der Waals surface area contributed by atoms with Gasteiger partial charge < -0.3 is 14.8 Å². The van der Waals surface area contributed by atoms with Gasteiger partial charge in [0, 0.05) is 30.9 Å². The number of benzene rings is 3. The van der Waals surface area contributed by atoms with Crippen LogP contribution >= 0.6 is 0 Å². The molecule has 0 saturated carbocycles. The minimum atomic E-state index is -0.619. The Balaban J connectivity index is 1.44. The molecule has 1 aliphatic heterocycles. The molecule has 0 spiro atoms. The molecule has 0 radical (unpaired) electrons. The number of nitrogens with zero attached hydrogens (tertiary/aromatic N) is 1. The summed E-state index contributed by atoms with van der Waals surface area (Å²) in [6.07, 6.45) is 1.04. The number of methoxy groups -OCH3 is 2. The molecule has 0 saturated heterocycles. The van der Waals surface area contributed by atoms with E-state index >= 15 is 0 Å². The second-order valence-electron chi connectivity index (χ2n) is 8.16. The molecule has 0 unspecified atom stereocenters. The number of carbonyl (C=O) groups excluding carboxylic acids is 3. The molecule has 1 amide bonds. The first kappa shape index (κ1) is 23.2. The lowest BCUT2D eigenvalue weighted by Crippen LogP contribution is -2.29. The first-order chi connectivity index (χ1) is 16.5. The Morgan fingerprint density at radius 3 is 2.06 bits per heavy atom. The predicted octanol–water partition coefficient (Wildman–Crippen LogP) is 4.07. The number of amides is 1. The van der Waals surface area contributed by atoms with Crippen molar-refractivity contribution in [3.63, 3.8) is 0 Å². The highest BCUT2D eigenvalue weighted by molar-refractivity contribution is 6.06. The summed E-state index contributed by atoms with van der Waals surface area (Å²) >= 11 is 0. The van der Waals surface area contributed by atoms with E-state index in [1.807, 2.05) is 12.1 Å². The normalized spacial score (nSPS) is 13.0. The predicted molar refractivity (Wildman–Crippen MR) is 128 cm³/mol. The number of fused-ring (bicyclic) bond motifs is 1. The maximum absolute atomic E-state index is 12.8. The van der Waals surface area contributed by atoms with Gasteiger partial charge in [0.15, 0.2) is 0 Å². The lowest BCUT2D eigenvalue weighted by molar-refractivity contribution is 0.0599. The van der Waals surface area contributed by atoms with E-state index < -0.39 is 11.9 Å². The molecular formula is C27H26N2O5. The average molecular weight is 459 g/mol. The Morgan fingerprint density at radius 2 is 1.44 bits per heavy atom. The fourth-order valence-electron chi connectivity index (χ4n) is 4.08. The monoisotopic (exact) mass is 458 g/mol. The smallest absolute Gasteiger partial charge is 0.337 e. The number of ether oxygens (including phenoxy) is 2. The van der Waals surface area contributed by atoms with Crippen LogP contribution in [-0.2, 0) is 29.0 Å². The SMILES string of the molecule is COC(=O)c1cc(NC(=O)c2ccc(CN3CCc4ccccc4C3)cc2)cc(C(=O)OC)c1. The van der Waals surface area contributed by atoms with Crippen molar-refractivity contribution in [1.29, 1.82) is 0 Å². The zero-order valence-electron chi connectivity index (χ0n) is 19.2. The largest absolute Gasteiger partial charge is 0.465 e. The van der Waals surface area contributed by atoms with E-state index in [2.05, 4.69) is 34.5 Å². The van der Waals surface area contributed by atoms with Crippen LogP contribution in [0.15, 0.2) is 66.7 Å². The minimum Gasteiger partial charge on any atom is -0.465 e. The molecule has 0 bridgehead atoms. The molecule has 34 heavy (non-hydrogen) atoms. The number of hydrogen-bond donors (Lipinski definition) is 1. The quantitative estimate of drug-likeness (QED) is 0.561. The molecule has 3 aromatic rings. The van der Waals surface area contributed by atoms with Crippen LogP contribution in [0.5, 0.6) is 0 Å². The third kappa shape index (κ3) is 5.32. The van der Waals surface area contributed by atoms with Gasteiger partial charge in [-0.1, -0.05) is 36.4 Å². The van der Waals surface area contributed by atoms with Crippen molar-refractivity contribution in [2.45, 2.75) is 19.5 Å². The Kier molecular flexibility index (Phi) is 7.04. The van der Waals surface area contributed by atoms with E-state index in [0.29, 0.717) is 11.3 Å². The van der Waals surface area contributed by atoms with Gasteiger partial charge in [0.05, 0.1) is 25.3 Å². The van der Waals surface area contributed by atoms with Gasteiger partial charge >= 0.3 is 11.9 Å². The maximum atomic E-state index is 12.8. The van der Waals surface area contributed by atoms with Crippen molar-refractivity contribution >= 4 is 23.5 Å². The third-order valence-corrected chi connectivity index (χ3v) is 5.87. The summed E-state index contributed by atoms with van der Waals surface area (Å²) in [7, 11) is 2.49. The molecule has 0 atom stereocenters. The molecular weight excluding hydrogens is 432 g/mol. The van der Waals surface area contributed by atoms with Crippen LogP contribution in [0.2, 0.25) is 0 Å². The van der Waals surface area contributed by atoms with Gasteiger partial charge in [0.2, 0.25) is 0 Å². The van der Waals surface area contributed by atoms with Crippen molar-refractivity contribution in [1.82, 2.24) is 4.90 Å². The third-order valence-electron chi connectivity index (χ3n) is 5.87. The van der Waals surface area contributed by atoms with E-state index in [1.54, 1.807) is 12.1 Å². The first-order valence-electron chi connectivity index (χ1n) is 11.0. The van der Waals surface area contributed by atoms with Gasteiger partial charge in [-0.2, -0.15) is 0 Å². The average Bonchev–Trinajstić information content (AvgIpc) is 2.87. The van der Waals surface area contributed by atoms with Gasteiger partial charge in [0.1, 0.15) is 0 Å². The van der Waals surface area contributed by atoms with Gasteiger partial charge in [-0.05, 0) is 53.4 Å². The number of rotatable bonds is 6. The van der Waals surface area contributed by atoms with Crippen molar-refractivity contribution in [2.75, 3.05) is 26.1 Å². The molecule has 4 rings (SSSR count). The van der Waals surface area contributed by atoms with E-state index in [0.717, 1.165) is 31.6 Å². The number of nitrogens with one attached hydrogen (secondary N) is 1. The first-order valence-corrected chi connectivity index (χ1v) is 11.0. The number of hydrogen-bond acceptors (Lipinski definition) is 6. The number of anilines is 1. The molecule has 7 heteroatoms. The van der Waals surface area contributed by atoms with Crippen LogP contribution in [0.25, 0.3) is 0 Å². The molecule has 3 aromatic carbocycles. The van der Waals surface area contributed by atoms with Gasteiger partial charge in [0.25, 0.3) is 5.91 Å². The maximum Gasteiger partial charge on any atom is 0.337 e. The summed E-state index contributed by atoms with van der Waals surface area (Å²) in [6.45, 7) is 2.72. The minimum absolute atomic E-state index is 0.138. The summed E-state index contributed by atoms with van der Waals surface area (Å²) in [5.41, 5.74) is 4.94. The Morgan fingerprint density at radius 1 is 0.824 bits per heavy atom. The molecule has 1 N–H and O–H groups in total. The van der Waals surface area contributed by atoms with Gasteiger partial charge in [-0.15, -0.1) is 0 Å². The second kappa shape index (κ2) is 10.3. The molecule has 7 nitrogen and oxygen atoms in total. The van der Waals surface area contributed by atoms with E-state index in [4.69, 9.17) is 9.47 Å². The van der Waals surface area contributed by atoms with Crippen LogP contribution in [-0.4, -0.2) is 43.5 Å². The molecule has 1 heterocycles. The van der Waals surface area contributed by atoms with E-state index in [-0.39, 0.29) is 17.0 Å². The van der Waals surface area contributed by atoms with E-state index in [1.165, 1.54) is 43.5 Å². The lowest BCUT2D eigenvalue weighted by atomic mass is 9.99. The molecule has 174 valence electrons. The number of esters is 2. The Labute approximate surface area is 198 Å². The van der Waals surface area contributed by atoms with Crippen molar-refractivity contribution in [2.24, 2.45) is 0 Å². The summed E-state index contributed by atoms with van der Waals surface area (Å²) < 4.78 is 9.47. The Hall–Kier alpha value is -3.97. The van der Waals surface area contributed by atoms with Gasteiger partial charge in [-0.25, -0.2) is 9.59 Å². The standard InChI is InChI=1S/C27H26N2O5/c1-33-26(31)22-13-23(27(32)34-2)15-24(14-22)28-25(30)20-9-7-18(8-10-20)16-29-12-11-19-5-3-4-6-21(19)17-29/h3-10,13-15H,11-12,16-17H2,1-2H3,(H,28,30). The summed E-state index contributed by atoms with van der Waals surface area (Å²) in [5, 5.41) is 2.74. The fourth-order valence-corrected chi connectivity index (χ4v) is 4.08. The van der Waals surface area contributed by atoms with Crippen LogP contribution < -0.4 is 5.32 Å². The van der Waals surface area contributed by atoms with Crippen molar-refractivity contribution in [3.8, 4) is 0 Å². The topological polar surface area (TPSA) is 84.9 Å². The summed E-state index contributed by atoms with van der Waals surface area (Å²) in [5.74, 6) is -1.59. The highest BCUT2D eigenvalue weighted by Gasteiger charge is 2.17. The van der Waals surface area contributed by atoms with Gasteiger partial charge in [-0.3, -0.25) is 9.69 Å². The number of carbonyl (C=O) groups is 3. The lowest BCUT2D eigenvalue weighted by Gasteiger charge is -2.28. The zero-order valence-corrected chi connectivity index (χ0v) is 19.2. The zero-order chi connectivity index (χ0) is 24.1. The van der Waals surface area contributed by atoms with Crippen molar-refractivity contribution in [3.05, 3.63) is 100 Å².